The van der Waals surface area contributed by atoms with Crippen molar-refractivity contribution in [2.75, 3.05) is 30.8 Å². The van der Waals surface area contributed by atoms with Crippen molar-refractivity contribution in [2.45, 2.75) is 26.1 Å². The number of nitrogens with two attached hydrogens (primary N) is 2. The molecule has 1 aromatic rings. The van der Waals surface area contributed by atoms with Gasteiger partial charge in [-0.25, -0.2) is 0 Å². The second-order valence-corrected chi connectivity index (χ2v) is 5.71. The van der Waals surface area contributed by atoms with Gasteiger partial charge in [0.1, 0.15) is 15.6 Å². The number of carbonyl (C=O) groups is 1. The molecule has 0 aromatic carbocycles. The fraction of sp³-hybridized carbons (Fsp3) is 0.583. The second-order valence-electron chi connectivity index (χ2n) is 4.71. The van der Waals surface area contributed by atoms with Crippen molar-refractivity contribution in [3.05, 3.63) is 4.88 Å². The van der Waals surface area contributed by atoms with Crippen LogP contribution < -0.4 is 21.1 Å². The van der Waals surface area contributed by atoms with E-state index in [-0.39, 0.29) is 12.2 Å². The van der Waals surface area contributed by atoms with Crippen molar-refractivity contribution in [1.82, 2.24) is 0 Å². The lowest BCUT2D eigenvalue weighted by Gasteiger charge is -2.36. The Morgan fingerprint density at radius 3 is 2.47 bits per heavy atom. The summed E-state index contributed by atoms with van der Waals surface area (Å²) in [6, 6.07) is 0. The number of hydrogen-bond donors (Lipinski definition) is 2. The van der Waals surface area contributed by atoms with E-state index in [0.717, 1.165) is 18.1 Å². The highest BCUT2D eigenvalue weighted by molar-refractivity contribution is 7.19. The molecule has 7 heteroatoms. The Morgan fingerprint density at radius 2 is 2.00 bits per heavy atom. The van der Waals surface area contributed by atoms with Crippen LogP contribution in [0.5, 0.6) is 5.75 Å². The Kier molecular flexibility index (Phi) is 3.86. The first-order valence-electron chi connectivity index (χ1n) is 6.10. The van der Waals surface area contributed by atoms with Crippen LogP contribution in [0.1, 0.15) is 23.5 Å². The van der Waals surface area contributed by atoms with E-state index in [1.54, 1.807) is 7.11 Å². The third kappa shape index (κ3) is 2.62. The van der Waals surface area contributed by atoms with Gasteiger partial charge in [0.15, 0.2) is 5.75 Å². The molecule has 1 aliphatic heterocycles. The van der Waals surface area contributed by atoms with Gasteiger partial charge in [-0.2, -0.15) is 0 Å². The number of nitrogens with zero attached hydrogens (tertiary/aromatic N) is 1. The van der Waals surface area contributed by atoms with Crippen LogP contribution in [0.25, 0.3) is 0 Å². The Morgan fingerprint density at radius 1 is 1.42 bits per heavy atom. The van der Waals surface area contributed by atoms with Crippen molar-refractivity contribution in [2.24, 2.45) is 5.73 Å². The SMILES string of the molecule is COc1c(N2C[C@@H](C)O[C@@H](C)C2)sc(C(N)=O)c1N. The lowest BCUT2D eigenvalue weighted by Crippen LogP contribution is -2.45. The number of hydrogen-bond acceptors (Lipinski definition) is 6. The Bertz CT molecular complexity index is 479. The molecule has 4 N–H and O–H groups in total. The summed E-state index contributed by atoms with van der Waals surface area (Å²) < 4.78 is 11.0. The van der Waals surface area contributed by atoms with Crippen LogP contribution in [0.4, 0.5) is 10.7 Å². The molecule has 0 saturated carbocycles. The monoisotopic (exact) mass is 285 g/mol. The molecule has 2 heterocycles. The van der Waals surface area contributed by atoms with Crippen LogP contribution in [0.3, 0.4) is 0 Å². The maximum Gasteiger partial charge on any atom is 0.261 e. The van der Waals surface area contributed by atoms with Crippen molar-refractivity contribution in [3.8, 4) is 5.75 Å². The van der Waals surface area contributed by atoms with Gasteiger partial charge in [0.05, 0.1) is 19.3 Å². The lowest BCUT2D eigenvalue weighted by molar-refractivity contribution is -0.00510. The first kappa shape index (κ1) is 14.0. The minimum Gasteiger partial charge on any atom is -0.492 e. The van der Waals surface area contributed by atoms with Crippen LogP contribution in [0, 0.1) is 0 Å². The lowest BCUT2D eigenvalue weighted by atomic mass is 10.2. The number of primary amides is 1. The van der Waals surface area contributed by atoms with E-state index in [4.69, 9.17) is 20.9 Å². The van der Waals surface area contributed by atoms with E-state index >= 15 is 0 Å². The molecule has 0 unspecified atom stereocenters. The first-order chi connectivity index (χ1) is 8.93. The molecule has 6 nitrogen and oxygen atoms in total. The Balaban J connectivity index is 2.38. The smallest absolute Gasteiger partial charge is 0.261 e. The quantitative estimate of drug-likeness (QED) is 0.866. The van der Waals surface area contributed by atoms with E-state index in [0.29, 0.717) is 16.3 Å². The molecule has 0 radical (unpaired) electrons. The van der Waals surface area contributed by atoms with Crippen LogP contribution in [0.2, 0.25) is 0 Å². The van der Waals surface area contributed by atoms with Gasteiger partial charge >= 0.3 is 0 Å². The average Bonchev–Trinajstić information content (AvgIpc) is 2.65. The van der Waals surface area contributed by atoms with Gasteiger partial charge in [-0.1, -0.05) is 0 Å². The predicted octanol–water partition coefficient (Wildman–Crippen LogP) is 1.05. The number of ether oxygens (including phenoxy) is 2. The van der Waals surface area contributed by atoms with Gasteiger partial charge in [-0.3, -0.25) is 4.79 Å². The van der Waals surface area contributed by atoms with Crippen LogP contribution >= 0.6 is 11.3 Å². The van der Waals surface area contributed by atoms with Gasteiger partial charge in [0, 0.05) is 13.1 Å². The first-order valence-corrected chi connectivity index (χ1v) is 6.92. The minimum absolute atomic E-state index is 0.119. The molecule has 2 rings (SSSR count). The van der Waals surface area contributed by atoms with Crippen molar-refractivity contribution >= 4 is 27.9 Å². The standard InChI is InChI=1S/C12H19N3O3S/c1-6-4-15(5-7(2)18-6)12-9(17-3)8(13)10(19-12)11(14)16/h6-7H,4-5,13H2,1-3H3,(H2,14,16)/t6-,7+. The zero-order valence-electron chi connectivity index (χ0n) is 11.3. The molecule has 1 fully saturated rings. The highest BCUT2D eigenvalue weighted by atomic mass is 32.1. The largest absolute Gasteiger partial charge is 0.492 e. The third-order valence-corrected chi connectivity index (χ3v) is 4.28. The second kappa shape index (κ2) is 5.26. The van der Waals surface area contributed by atoms with Crippen LogP contribution in [-0.2, 0) is 4.74 Å². The van der Waals surface area contributed by atoms with Gasteiger partial charge in [0.25, 0.3) is 5.91 Å². The minimum atomic E-state index is -0.526. The van der Waals surface area contributed by atoms with E-state index < -0.39 is 5.91 Å². The summed E-state index contributed by atoms with van der Waals surface area (Å²) in [5.41, 5.74) is 11.6. The van der Waals surface area contributed by atoms with Gasteiger partial charge in [-0.15, -0.1) is 11.3 Å². The molecule has 0 spiro atoms. The number of rotatable bonds is 3. The average molecular weight is 285 g/mol. The maximum absolute atomic E-state index is 11.4. The number of methoxy groups -OCH3 is 1. The number of nitrogen functional groups attached to an aromatic ring is 1. The Hall–Kier alpha value is -1.47. The van der Waals surface area contributed by atoms with E-state index in [1.165, 1.54) is 11.3 Å². The number of thiophene rings is 1. The molecule has 19 heavy (non-hydrogen) atoms. The van der Waals surface area contributed by atoms with Gasteiger partial charge in [-0.05, 0) is 13.8 Å². The summed E-state index contributed by atoms with van der Waals surface area (Å²) >= 11 is 1.28. The highest BCUT2D eigenvalue weighted by Gasteiger charge is 2.29. The van der Waals surface area contributed by atoms with Crippen molar-refractivity contribution in [1.29, 1.82) is 0 Å². The summed E-state index contributed by atoms with van der Waals surface area (Å²) in [4.78, 5) is 13.8. The zero-order chi connectivity index (χ0) is 14.2. The molecular weight excluding hydrogens is 266 g/mol. The molecule has 0 aliphatic carbocycles. The molecule has 1 aliphatic rings. The van der Waals surface area contributed by atoms with Crippen molar-refractivity contribution in [3.63, 3.8) is 0 Å². The maximum atomic E-state index is 11.4. The third-order valence-electron chi connectivity index (χ3n) is 3.02. The zero-order valence-corrected chi connectivity index (χ0v) is 12.1. The van der Waals surface area contributed by atoms with E-state index in [9.17, 15) is 4.79 Å². The fourth-order valence-electron chi connectivity index (χ4n) is 2.35. The number of amides is 1. The van der Waals surface area contributed by atoms with Gasteiger partial charge in [0.2, 0.25) is 0 Å². The summed E-state index contributed by atoms with van der Waals surface area (Å²) in [5, 5.41) is 0.843. The molecule has 0 bridgehead atoms. The normalized spacial score (nSPS) is 23.4. The summed E-state index contributed by atoms with van der Waals surface area (Å²) in [7, 11) is 1.54. The van der Waals surface area contributed by atoms with Crippen LogP contribution in [-0.4, -0.2) is 38.3 Å². The molecule has 2 atom stereocenters. The highest BCUT2D eigenvalue weighted by Crippen LogP contribution is 2.45. The van der Waals surface area contributed by atoms with E-state index in [2.05, 4.69) is 4.90 Å². The van der Waals surface area contributed by atoms with Crippen molar-refractivity contribution < 1.29 is 14.3 Å². The number of morpholine rings is 1. The summed E-state index contributed by atoms with van der Waals surface area (Å²) in [5.74, 6) is 0.00139. The predicted molar refractivity (Wildman–Crippen MR) is 76.0 cm³/mol. The fourth-order valence-corrected chi connectivity index (χ4v) is 3.41. The Labute approximate surface area is 116 Å². The van der Waals surface area contributed by atoms with Crippen LogP contribution in [0.15, 0.2) is 0 Å². The summed E-state index contributed by atoms with van der Waals surface area (Å²) in [6.45, 7) is 5.50. The molecule has 1 aromatic heterocycles. The number of carbonyl (C=O) groups excluding carboxylic acids is 1. The molecule has 1 saturated heterocycles. The number of anilines is 2. The molecule has 106 valence electrons. The molecular formula is C12H19N3O3S. The van der Waals surface area contributed by atoms with Gasteiger partial charge < -0.3 is 25.8 Å². The summed E-state index contributed by atoms with van der Waals surface area (Å²) in [6.07, 6.45) is 0.239. The van der Waals surface area contributed by atoms with E-state index in [1.807, 2.05) is 13.8 Å². The topological polar surface area (TPSA) is 90.8 Å². The molecule has 1 amide bonds.